The molecule has 1 heterocycles. The number of nitrogens with zero attached hydrogens (tertiary/aromatic N) is 3. The van der Waals surface area contributed by atoms with Gasteiger partial charge in [-0.05, 0) is 25.0 Å². The summed E-state index contributed by atoms with van der Waals surface area (Å²) in [6, 6.07) is 4.65. The summed E-state index contributed by atoms with van der Waals surface area (Å²) >= 11 is 1.20. The molecule has 0 bridgehead atoms. The van der Waals surface area contributed by atoms with E-state index >= 15 is 0 Å². The minimum Gasteiger partial charge on any atom is -0.258 e. The van der Waals surface area contributed by atoms with Crippen molar-refractivity contribution in [1.82, 2.24) is 10.2 Å². The van der Waals surface area contributed by atoms with Crippen LogP contribution in [0.3, 0.4) is 0 Å². The number of nitro benzene ring substituents is 1. The van der Waals surface area contributed by atoms with Crippen molar-refractivity contribution in [1.29, 1.82) is 0 Å². The van der Waals surface area contributed by atoms with Crippen molar-refractivity contribution < 1.29 is 13.3 Å². The zero-order valence-corrected chi connectivity index (χ0v) is 14.2. The highest BCUT2D eigenvalue weighted by atomic mass is 32.2. The number of sulfonamides is 1. The van der Waals surface area contributed by atoms with E-state index in [2.05, 4.69) is 14.9 Å². The first-order valence-corrected chi connectivity index (χ1v) is 9.28. The van der Waals surface area contributed by atoms with Gasteiger partial charge in [0.05, 0.1) is 9.82 Å². The summed E-state index contributed by atoms with van der Waals surface area (Å²) in [6.45, 7) is 4.08. The highest BCUT2D eigenvalue weighted by Gasteiger charge is 2.20. The first-order valence-electron chi connectivity index (χ1n) is 6.98. The van der Waals surface area contributed by atoms with E-state index in [9.17, 15) is 18.5 Å². The lowest BCUT2D eigenvalue weighted by molar-refractivity contribution is -0.384. The normalized spacial score (nSPS) is 11.6. The van der Waals surface area contributed by atoms with Crippen molar-refractivity contribution in [2.75, 3.05) is 4.72 Å². The molecule has 0 unspecified atom stereocenters. The monoisotopic (exact) mass is 356 g/mol. The SMILES string of the molecule is CCC(CC)c1nnc(NS(=O)(=O)c2ccc([N+](=O)[O-])cc2)s1. The molecule has 8 nitrogen and oxygen atoms in total. The largest absolute Gasteiger partial charge is 0.269 e. The molecule has 0 radical (unpaired) electrons. The van der Waals surface area contributed by atoms with E-state index < -0.39 is 14.9 Å². The molecule has 0 aliphatic carbocycles. The molecule has 1 aromatic carbocycles. The quantitative estimate of drug-likeness (QED) is 0.602. The van der Waals surface area contributed by atoms with Gasteiger partial charge in [-0.25, -0.2) is 8.42 Å². The lowest BCUT2D eigenvalue weighted by Gasteiger charge is -2.06. The molecule has 1 N–H and O–H groups in total. The summed E-state index contributed by atoms with van der Waals surface area (Å²) in [7, 11) is -3.85. The second kappa shape index (κ2) is 7.01. The van der Waals surface area contributed by atoms with Gasteiger partial charge in [0.25, 0.3) is 15.7 Å². The van der Waals surface area contributed by atoms with Gasteiger partial charge in [0.2, 0.25) is 5.13 Å². The molecule has 0 aliphatic rings. The highest BCUT2D eigenvalue weighted by Crippen LogP contribution is 2.29. The summed E-state index contributed by atoms with van der Waals surface area (Å²) in [5.74, 6) is 0.255. The van der Waals surface area contributed by atoms with Crippen molar-refractivity contribution in [3.05, 3.63) is 39.4 Å². The van der Waals surface area contributed by atoms with E-state index in [0.717, 1.165) is 30.0 Å². The van der Waals surface area contributed by atoms with Gasteiger partial charge in [0.1, 0.15) is 5.01 Å². The van der Waals surface area contributed by atoms with Crippen molar-refractivity contribution in [3.8, 4) is 0 Å². The molecule has 10 heteroatoms. The lowest BCUT2D eigenvalue weighted by atomic mass is 10.1. The van der Waals surface area contributed by atoms with Crippen LogP contribution < -0.4 is 4.72 Å². The predicted molar refractivity (Wildman–Crippen MR) is 87.1 cm³/mol. The van der Waals surface area contributed by atoms with Crippen LogP contribution in [0.25, 0.3) is 0 Å². The highest BCUT2D eigenvalue weighted by molar-refractivity contribution is 7.93. The third kappa shape index (κ3) is 4.02. The summed E-state index contributed by atoms with van der Waals surface area (Å²) in [5, 5.41) is 19.5. The number of nitrogens with one attached hydrogen (secondary N) is 1. The summed E-state index contributed by atoms with van der Waals surface area (Å²) in [5.41, 5.74) is -0.170. The Morgan fingerprint density at radius 3 is 2.35 bits per heavy atom. The van der Waals surface area contributed by atoms with Crippen LogP contribution >= 0.6 is 11.3 Å². The van der Waals surface area contributed by atoms with E-state index in [-0.39, 0.29) is 21.6 Å². The fraction of sp³-hybridized carbons (Fsp3) is 0.385. The molecule has 124 valence electrons. The van der Waals surface area contributed by atoms with Gasteiger partial charge in [0.15, 0.2) is 0 Å². The van der Waals surface area contributed by atoms with E-state index in [0.29, 0.717) is 0 Å². The number of hydrogen-bond donors (Lipinski definition) is 1. The minimum absolute atomic E-state index is 0.0672. The minimum atomic E-state index is -3.85. The average molecular weight is 356 g/mol. The van der Waals surface area contributed by atoms with Crippen LogP contribution in [-0.2, 0) is 10.0 Å². The van der Waals surface area contributed by atoms with Crippen LogP contribution in [0.5, 0.6) is 0 Å². The maximum Gasteiger partial charge on any atom is 0.269 e. The molecule has 0 amide bonds. The Balaban J connectivity index is 2.19. The summed E-state index contributed by atoms with van der Waals surface area (Å²) < 4.78 is 26.9. The van der Waals surface area contributed by atoms with Gasteiger partial charge in [-0.2, -0.15) is 0 Å². The smallest absolute Gasteiger partial charge is 0.258 e. The Hall–Kier alpha value is -2.07. The third-order valence-electron chi connectivity index (χ3n) is 3.35. The van der Waals surface area contributed by atoms with Crippen molar-refractivity contribution in [2.45, 2.75) is 37.5 Å². The molecule has 1 aromatic heterocycles. The van der Waals surface area contributed by atoms with E-state index in [1.54, 1.807) is 0 Å². The molecule has 2 rings (SSSR count). The first-order chi connectivity index (χ1) is 10.9. The number of hydrogen-bond acceptors (Lipinski definition) is 7. The summed E-state index contributed by atoms with van der Waals surface area (Å²) in [4.78, 5) is 9.95. The van der Waals surface area contributed by atoms with Crippen LogP contribution in [0.1, 0.15) is 37.6 Å². The van der Waals surface area contributed by atoms with Crippen LogP contribution in [0.4, 0.5) is 10.8 Å². The maximum absolute atomic E-state index is 12.3. The van der Waals surface area contributed by atoms with E-state index in [1.165, 1.54) is 23.5 Å². The average Bonchev–Trinajstić information content (AvgIpc) is 2.96. The number of aromatic nitrogens is 2. The number of rotatable bonds is 7. The number of non-ortho nitro benzene ring substituents is 1. The first kappa shape index (κ1) is 17.3. The molecular formula is C13H16N4O4S2. The Morgan fingerprint density at radius 2 is 1.83 bits per heavy atom. The molecule has 23 heavy (non-hydrogen) atoms. The summed E-state index contributed by atoms with van der Waals surface area (Å²) in [6.07, 6.45) is 1.81. The molecule has 0 aliphatic heterocycles. The molecule has 0 saturated heterocycles. The van der Waals surface area contributed by atoms with Gasteiger partial charge in [-0.15, -0.1) is 10.2 Å². The fourth-order valence-electron chi connectivity index (χ4n) is 2.00. The molecular weight excluding hydrogens is 340 g/mol. The Kier molecular flexibility index (Phi) is 5.26. The van der Waals surface area contributed by atoms with Gasteiger partial charge in [0, 0.05) is 18.1 Å². The molecule has 0 saturated carbocycles. The van der Waals surface area contributed by atoms with E-state index in [1.807, 2.05) is 13.8 Å². The van der Waals surface area contributed by atoms with Crippen molar-refractivity contribution in [2.24, 2.45) is 0 Å². The Bertz CT molecular complexity index is 783. The fourth-order valence-corrected chi connectivity index (χ4v) is 4.24. The number of benzene rings is 1. The lowest BCUT2D eigenvalue weighted by Crippen LogP contribution is -2.12. The Morgan fingerprint density at radius 1 is 1.22 bits per heavy atom. The van der Waals surface area contributed by atoms with Gasteiger partial charge >= 0.3 is 0 Å². The number of nitro groups is 1. The topological polar surface area (TPSA) is 115 Å². The van der Waals surface area contributed by atoms with Gasteiger partial charge in [-0.3, -0.25) is 14.8 Å². The molecule has 0 atom stereocenters. The van der Waals surface area contributed by atoms with Crippen LogP contribution in [0.15, 0.2) is 29.2 Å². The number of anilines is 1. The van der Waals surface area contributed by atoms with Crippen LogP contribution in [0, 0.1) is 10.1 Å². The second-order valence-electron chi connectivity index (χ2n) is 4.82. The van der Waals surface area contributed by atoms with Crippen molar-refractivity contribution >= 4 is 32.2 Å². The van der Waals surface area contributed by atoms with Crippen molar-refractivity contribution in [3.63, 3.8) is 0 Å². The molecule has 0 fully saturated rings. The standard InChI is InChI=1S/C13H16N4O4S2/c1-3-9(4-2)12-14-15-13(22-12)16-23(20,21)11-7-5-10(6-8-11)17(18)19/h5-9H,3-4H2,1-2H3,(H,15,16). The maximum atomic E-state index is 12.3. The van der Waals surface area contributed by atoms with Gasteiger partial charge in [-0.1, -0.05) is 25.2 Å². The zero-order valence-electron chi connectivity index (χ0n) is 12.6. The van der Waals surface area contributed by atoms with Crippen LogP contribution in [0.2, 0.25) is 0 Å². The van der Waals surface area contributed by atoms with Crippen LogP contribution in [-0.4, -0.2) is 23.5 Å². The van der Waals surface area contributed by atoms with E-state index in [4.69, 9.17) is 0 Å². The predicted octanol–water partition coefficient (Wildman–Crippen LogP) is 3.15. The third-order valence-corrected chi connectivity index (χ3v) is 5.84. The second-order valence-corrected chi connectivity index (χ2v) is 7.51. The molecule has 2 aromatic rings. The van der Waals surface area contributed by atoms with Gasteiger partial charge < -0.3 is 0 Å². The Labute approximate surface area is 137 Å². The zero-order chi connectivity index (χ0) is 17.0. The molecule has 0 spiro atoms.